The standard InChI is InChI=1S/C16H24N2O/c1-12(10-17)11-18(2)16(19)15-8-7-13-5-3-4-6-14(13)9-15/h7-9,12H,3-6,10-11,17H2,1-2H3. The van der Waals surface area contributed by atoms with E-state index in [0.717, 1.165) is 18.4 Å². The van der Waals surface area contributed by atoms with Crippen LogP contribution in [-0.2, 0) is 12.8 Å². The molecule has 104 valence electrons. The first-order valence-electron chi connectivity index (χ1n) is 7.19. The van der Waals surface area contributed by atoms with Crippen LogP contribution in [0, 0.1) is 5.92 Å². The van der Waals surface area contributed by atoms with Crippen LogP contribution >= 0.6 is 0 Å². The van der Waals surface area contributed by atoms with Crippen LogP contribution in [0.2, 0.25) is 0 Å². The van der Waals surface area contributed by atoms with Gasteiger partial charge in [0.05, 0.1) is 0 Å². The SMILES string of the molecule is CC(CN)CN(C)C(=O)c1ccc2c(c1)CCCC2. The lowest BCUT2D eigenvalue weighted by Crippen LogP contribution is -2.33. The molecule has 1 amide bonds. The zero-order valence-electron chi connectivity index (χ0n) is 12.0. The molecule has 0 spiro atoms. The minimum absolute atomic E-state index is 0.105. The van der Waals surface area contributed by atoms with Crippen LogP contribution in [0.3, 0.4) is 0 Å². The topological polar surface area (TPSA) is 46.3 Å². The first-order valence-corrected chi connectivity index (χ1v) is 7.19. The van der Waals surface area contributed by atoms with Crippen LogP contribution in [0.15, 0.2) is 18.2 Å². The summed E-state index contributed by atoms with van der Waals surface area (Å²) < 4.78 is 0. The minimum atomic E-state index is 0.105. The van der Waals surface area contributed by atoms with Gasteiger partial charge in [-0.3, -0.25) is 4.79 Å². The minimum Gasteiger partial charge on any atom is -0.341 e. The largest absolute Gasteiger partial charge is 0.341 e. The highest BCUT2D eigenvalue weighted by molar-refractivity contribution is 5.94. The zero-order chi connectivity index (χ0) is 13.8. The first kappa shape index (κ1) is 14.1. The average Bonchev–Trinajstić information content (AvgIpc) is 2.45. The van der Waals surface area contributed by atoms with Crippen molar-refractivity contribution in [3.8, 4) is 0 Å². The Labute approximate surface area is 115 Å². The van der Waals surface area contributed by atoms with Crippen molar-refractivity contribution in [3.63, 3.8) is 0 Å². The number of rotatable bonds is 4. The summed E-state index contributed by atoms with van der Waals surface area (Å²) in [5, 5.41) is 0. The lowest BCUT2D eigenvalue weighted by atomic mass is 9.90. The van der Waals surface area contributed by atoms with Gasteiger partial charge in [-0.25, -0.2) is 0 Å². The van der Waals surface area contributed by atoms with E-state index in [9.17, 15) is 4.79 Å². The van der Waals surface area contributed by atoms with Crippen molar-refractivity contribution in [1.29, 1.82) is 0 Å². The number of carbonyl (C=O) groups is 1. The van der Waals surface area contributed by atoms with Crippen molar-refractivity contribution in [1.82, 2.24) is 4.90 Å². The fraction of sp³-hybridized carbons (Fsp3) is 0.562. The molecule has 2 rings (SSSR count). The number of carbonyl (C=O) groups excluding carboxylic acids is 1. The Kier molecular flexibility index (Phi) is 4.59. The summed E-state index contributed by atoms with van der Waals surface area (Å²) >= 11 is 0. The van der Waals surface area contributed by atoms with Crippen LogP contribution < -0.4 is 5.73 Å². The molecule has 1 aliphatic carbocycles. The molecule has 3 heteroatoms. The molecule has 1 unspecified atom stereocenters. The second kappa shape index (κ2) is 6.20. The average molecular weight is 260 g/mol. The Hall–Kier alpha value is -1.35. The van der Waals surface area contributed by atoms with E-state index in [4.69, 9.17) is 5.73 Å². The van der Waals surface area contributed by atoms with Crippen molar-refractivity contribution < 1.29 is 4.79 Å². The Balaban J connectivity index is 2.10. The molecule has 1 aromatic carbocycles. The molecule has 0 bridgehead atoms. The van der Waals surface area contributed by atoms with Gasteiger partial charge < -0.3 is 10.6 Å². The van der Waals surface area contributed by atoms with Crippen LogP contribution in [0.1, 0.15) is 41.3 Å². The number of hydrogen-bond donors (Lipinski definition) is 1. The van der Waals surface area contributed by atoms with Crippen LogP contribution in [0.4, 0.5) is 0 Å². The zero-order valence-corrected chi connectivity index (χ0v) is 12.0. The van der Waals surface area contributed by atoms with E-state index in [-0.39, 0.29) is 5.91 Å². The number of aryl methyl sites for hydroxylation is 2. The molecule has 0 aromatic heterocycles. The van der Waals surface area contributed by atoms with Gasteiger partial charge >= 0.3 is 0 Å². The van der Waals surface area contributed by atoms with Gasteiger partial charge in [0.1, 0.15) is 0 Å². The number of fused-ring (bicyclic) bond motifs is 1. The predicted octanol–water partition coefficient (Wildman–Crippen LogP) is 2.23. The summed E-state index contributed by atoms with van der Waals surface area (Å²) in [6.07, 6.45) is 4.78. The molecule has 0 saturated carbocycles. The first-order chi connectivity index (χ1) is 9.11. The number of hydrogen-bond acceptors (Lipinski definition) is 2. The third kappa shape index (κ3) is 3.35. The lowest BCUT2D eigenvalue weighted by molar-refractivity contribution is 0.0777. The third-order valence-electron chi connectivity index (χ3n) is 3.93. The number of nitrogens with zero attached hydrogens (tertiary/aromatic N) is 1. The van der Waals surface area contributed by atoms with E-state index >= 15 is 0 Å². The molecule has 1 atom stereocenters. The van der Waals surface area contributed by atoms with Crippen molar-refractivity contribution in [3.05, 3.63) is 34.9 Å². The summed E-state index contributed by atoms with van der Waals surface area (Å²) in [7, 11) is 1.86. The van der Waals surface area contributed by atoms with Gasteiger partial charge in [-0.05, 0) is 61.4 Å². The van der Waals surface area contributed by atoms with E-state index in [2.05, 4.69) is 19.1 Å². The second-order valence-corrected chi connectivity index (χ2v) is 5.72. The molecular weight excluding hydrogens is 236 g/mol. The molecule has 0 radical (unpaired) electrons. The maximum atomic E-state index is 12.4. The molecule has 2 N–H and O–H groups in total. The fourth-order valence-electron chi connectivity index (χ4n) is 2.71. The van der Waals surface area contributed by atoms with Crippen molar-refractivity contribution in [2.45, 2.75) is 32.6 Å². The highest BCUT2D eigenvalue weighted by atomic mass is 16.2. The molecule has 0 fully saturated rings. The molecule has 3 nitrogen and oxygen atoms in total. The van der Waals surface area contributed by atoms with E-state index in [1.54, 1.807) is 4.90 Å². The van der Waals surface area contributed by atoms with Gasteiger partial charge in [-0.15, -0.1) is 0 Å². The summed E-state index contributed by atoms with van der Waals surface area (Å²) in [4.78, 5) is 14.1. The summed E-state index contributed by atoms with van der Waals surface area (Å²) in [5.74, 6) is 0.445. The highest BCUT2D eigenvalue weighted by Crippen LogP contribution is 2.22. The van der Waals surface area contributed by atoms with E-state index < -0.39 is 0 Å². The summed E-state index contributed by atoms with van der Waals surface area (Å²) in [6, 6.07) is 6.18. The molecule has 0 saturated heterocycles. The fourth-order valence-corrected chi connectivity index (χ4v) is 2.71. The Morgan fingerprint density at radius 2 is 2.00 bits per heavy atom. The Bertz CT molecular complexity index is 456. The van der Waals surface area contributed by atoms with E-state index in [1.165, 1.54) is 24.0 Å². The van der Waals surface area contributed by atoms with Gasteiger partial charge in [0.25, 0.3) is 5.91 Å². The molecule has 1 aromatic rings. The van der Waals surface area contributed by atoms with Gasteiger partial charge in [-0.2, -0.15) is 0 Å². The molecule has 0 heterocycles. The van der Waals surface area contributed by atoms with Crippen molar-refractivity contribution in [2.75, 3.05) is 20.1 Å². The maximum absolute atomic E-state index is 12.4. The quantitative estimate of drug-likeness (QED) is 0.902. The van der Waals surface area contributed by atoms with Crippen molar-refractivity contribution in [2.24, 2.45) is 11.7 Å². The number of nitrogens with two attached hydrogens (primary N) is 1. The van der Waals surface area contributed by atoms with Gasteiger partial charge in [-0.1, -0.05) is 13.0 Å². The predicted molar refractivity (Wildman–Crippen MR) is 78.3 cm³/mol. The number of amides is 1. The molecule has 19 heavy (non-hydrogen) atoms. The van der Waals surface area contributed by atoms with Crippen LogP contribution in [0.25, 0.3) is 0 Å². The van der Waals surface area contributed by atoms with E-state index in [1.807, 2.05) is 13.1 Å². The van der Waals surface area contributed by atoms with Gasteiger partial charge in [0.15, 0.2) is 0 Å². The highest BCUT2D eigenvalue weighted by Gasteiger charge is 2.16. The molecule has 1 aliphatic rings. The normalized spacial score (nSPS) is 15.7. The van der Waals surface area contributed by atoms with Gasteiger partial charge in [0, 0.05) is 19.2 Å². The van der Waals surface area contributed by atoms with Gasteiger partial charge in [0.2, 0.25) is 0 Å². The second-order valence-electron chi connectivity index (χ2n) is 5.72. The van der Waals surface area contributed by atoms with Crippen LogP contribution in [0.5, 0.6) is 0 Å². The molecular formula is C16H24N2O. The Morgan fingerprint density at radius 3 is 2.68 bits per heavy atom. The summed E-state index contributed by atoms with van der Waals surface area (Å²) in [5.41, 5.74) is 9.20. The van der Waals surface area contributed by atoms with Crippen LogP contribution in [-0.4, -0.2) is 30.9 Å². The third-order valence-corrected chi connectivity index (χ3v) is 3.93. The maximum Gasteiger partial charge on any atom is 0.253 e. The summed E-state index contributed by atoms with van der Waals surface area (Å²) in [6.45, 7) is 3.39. The number of benzene rings is 1. The molecule has 0 aliphatic heterocycles. The smallest absolute Gasteiger partial charge is 0.253 e. The monoisotopic (exact) mass is 260 g/mol. The van der Waals surface area contributed by atoms with Crippen molar-refractivity contribution >= 4 is 5.91 Å². The van der Waals surface area contributed by atoms with E-state index in [0.29, 0.717) is 19.0 Å². The Morgan fingerprint density at radius 1 is 1.32 bits per heavy atom. The lowest BCUT2D eigenvalue weighted by Gasteiger charge is -2.22.